The predicted octanol–water partition coefficient (Wildman–Crippen LogP) is 1.68. The van der Waals surface area contributed by atoms with Crippen molar-refractivity contribution in [1.29, 1.82) is 0 Å². The largest absolute Gasteiger partial charge is 0.364 e. The van der Waals surface area contributed by atoms with E-state index in [1.54, 1.807) is 29.4 Å². The van der Waals surface area contributed by atoms with E-state index in [0.29, 0.717) is 22.9 Å². The number of nitrogens with two attached hydrogens (primary N) is 2. The lowest BCUT2D eigenvalue weighted by molar-refractivity contribution is -0.117. The molecule has 0 fully saturated rings. The fourth-order valence-corrected chi connectivity index (χ4v) is 2.93. The zero-order valence-electron chi connectivity index (χ0n) is 12.4. The van der Waals surface area contributed by atoms with Gasteiger partial charge >= 0.3 is 0 Å². The fraction of sp³-hybridized carbons (Fsp3) is 0.308. The summed E-state index contributed by atoms with van der Waals surface area (Å²) in [7, 11) is 0. The van der Waals surface area contributed by atoms with Crippen molar-refractivity contribution in [3.8, 4) is 11.3 Å². The number of nitrogens with one attached hydrogen (secondary N) is 2. The van der Waals surface area contributed by atoms with Crippen LogP contribution in [0.15, 0.2) is 17.6 Å². The SMILES string of the molecule is CSCCC(N)C(=O)Nc1nc(-c2c[nH]c(C(N)=O)c2)cs1.Cl. The first-order chi connectivity index (χ1) is 10.5. The van der Waals surface area contributed by atoms with Gasteiger partial charge in [0.25, 0.3) is 5.91 Å². The Morgan fingerprint density at radius 2 is 2.26 bits per heavy atom. The number of aromatic nitrogens is 2. The Hall–Kier alpha value is -1.55. The van der Waals surface area contributed by atoms with Crippen molar-refractivity contribution in [2.75, 3.05) is 17.3 Å². The molecular formula is C13H18ClN5O2S2. The predicted molar refractivity (Wildman–Crippen MR) is 97.3 cm³/mol. The molecule has 0 aromatic carbocycles. The average molecular weight is 376 g/mol. The number of amides is 2. The third-order valence-corrected chi connectivity index (χ3v) is 4.35. The molecule has 2 rings (SSSR count). The van der Waals surface area contributed by atoms with Crippen molar-refractivity contribution < 1.29 is 9.59 Å². The van der Waals surface area contributed by atoms with E-state index in [1.165, 1.54) is 11.3 Å². The normalized spacial score (nSPS) is 11.6. The van der Waals surface area contributed by atoms with E-state index < -0.39 is 11.9 Å². The van der Waals surface area contributed by atoms with Crippen molar-refractivity contribution >= 4 is 52.5 Å². The third kappa shape index (κ3) is 5.24. The number of carbonyl (C=O) groups is 2. The highest BCUT2D eigenvalue weighted by Gasteiger charge is 2.15. The molecule has 0 aliphatic carbocycles. The lowest BCUT2D eigenvalue weighted by atomic mass is 10.2. The molecule has 0 spiro atoms. The van der Waals surface area contributed by atoms with Gasteiger partial charge in [-0.05, 0) is 24.5 Å². The van der Waals surface area contributed by atoms with Gasteiger partial charge in [-0.3, -0.25) is 9.59 Å². The molecule has 1 unspecified atom stereocenters. The maximum absolute atomic E-state index is 11.9. The topological polar surface area (TPSA) is 127 Å². The molecule has 0 radical (unpaired) electrons. The summed E-state index contributed by atoms with van der Waals surface area (Å²) >= 11 is 2.94. The zero-order valence-corrected chi connectivity index (χ0v) is 14.8. The molecule has 0 saturated carbocycles. The molecule has 7 nitrogen and oxygen atoms in total. The lowest BCUT2D eigenvalue weighted by Crippen LogP contribution is -2.36. The number of hydrogen-bond acceptors (Lipinski definition) is 6. The molecule has 0 saturated heterocycles. The van der Waals surface area contributed by atoms with Gasteiger partial charge in [0.05, 0.1) is 11.7 Å². The summed E-state index contributed by atoms with van der Waals surface area (Å²) in [4.78, 5) is 30.1. The first kappa shape index (κ1) is 19.5. The Labute approximate surface area is 148 Å². The molecule has 126 valence electrons. The number of rotatable bonds is 7. The van der Waals surface area contributed by atoms with Crippen molar-refractivity contribution in [3.63, 3.8) is 0 Å². The van der Waals surface area contributed by atoms with Gasteiger partial charge in [0, 0.05) is 17.1 Å². The molecule has 2 aromatic heterocycles. The summed E-state index contributed by atoms with van der Waals surface area (Å²) in [5, 5.41) is 4.96. The van der Waals surface area contributed by atoms with E-state index in [9.17, 15) is 9.59 Å². The van der Waals surface area contributed by atoms with Crippen LogP contribution in [0.4, 0.5) is 5.13 Å². The number of hydrogen-bond donors (Lipinski definition) is 4. The molecule has 23 heavy (non-hydrogen) atoms. The lowest BCUT2D eigenvalue weighted by Gasteiger charge is -2.09. The summed E-state index contributed by atoms with van der Waals surface area (Å²) in [6.45, 7) is 0. The van der Waals surface area contributed by atoms with Crippen LogP contribution in [0.25, 0.3) is 11.3 Å². The molecule has 2 amide bonds. The van der Waals surface area contributed by atoms with Crippen molar-refractivity contribution in [3.05, 3.63) is 23.3 Å². The minimum atomic E-state index is -0.548. The summed E-state index contributed by atoms with van der Waals surface area (Å²) in [6.07, 6.45) is 4.23. The maximum atomic E-state index is 11.9. The standard InChI is InChI=1S/C13H17N5O2S2.ClH/c1-21-3-2-8(14)12(20)18-13-17-10(6-22-13)7-4-9(11(15)19)16-5-7;/h4-6,8,16H,2-3,14H2,1H3,(H2,15,19)(H,17,18,20);1H. The van der Waals surface area contributed by atoms with E-state index in [4.69, 9.17) is 11.5 Å². The van der Waals surface area contributed by atoms with E-state index in [2.05, 4.69) is 15.3 Å². The van der Waals surface area contributed by atoms with Gasteiger partial charge in [0.1, 0.15) is 5.69 Å². The Bertz CT molecular complexity index is 673. The van der Waals surface area contributed by atoms with Crippen LogP contribution in [0.2, 0.25) is 0 Å². The van der Waals surface area contributed by atoms with Gasteiger partial charge in [-0.2, -0.15) is 11.8 Å². The van der Waals surface area contributed by atoms with Gasteiger partial charge in [-0.15, -0.1) is 23.7 Å². The number of primary amides is 1. The summed E-state index contributed by atoms with van der Waals surface area (Å²) in [5.41, 5.74) is 12.7. The number of halogens is 1. The van der Waals surface area contributed by atoms with Crippen LogP contribution in [0.5, 0.6) is 0 Å². The van der Waals surface area contributed by atoms with Crippen LogP contribution in [0.3, 0.4) is 0 Å². The van der Waals surface area contributed by atoms with Crippen LogP contribution in [-0.2, 0) is 4.79 Å². The van der Waals surface area contributed by atoms with Crippen molar-refractivity contribution in [1.82, 2.24) is 9.97 Å². The summed E-state index contributed by atoms with van der Waals surface area (Å²) in [5.74, 6) is 0.0494. The van der Waals surface area contributed by atoms with Gasteiger partial charge in [0.2, 0.25) is 5.91 Å². The zero-order chi connectivity index (χ0) is 16.1. The molecule has 0 bridgehead atoms. The summed E-state index contributed by atoms with van der Waals surface area (Å²) in [6, 6.07) is 1.07. The number of carbonyl (C=O) groups excluding carboxylic acids is 2. The Morgan fingerprint density at radius 1 is 1.52 bits per heavy atom. The minimum Gasteiger partial charge on any atom is -0.364 e. The molecule has 0 aliphatic heterocycles. The van der Waals surface area contributed by atoms with Crippen molar-refractivity contribution in [2.45, 2.75) is 12.5 Å². The number of H-pyrrole nitrogens is 1. The van der Waals surface area contributed by atoms with Gasteiger partial charge in [-0.25, -0.2) is 4.98 Å². The van der Waals surface area contributed by atoms with Crippen LogP contribution in [0, 0.1) is 0 Å². The third-order valence-electron chi connectivity index (χ3n) is 2.95. The quantitative estimate of drug-likeness (QED) is 0.585. The van der Waals surface area contributed by atoms with Crippen LogP contribution >= 0.6 is 35.5 Å². The number of thiazole rings is 1. The monoisotopic (exact) mass is 375 g/mol. The van der Waals surface area contributed by atoms with E-state index in [0.717, 1.165) is 11.3 Å². The highest BCUT2D eigenvalue weighted by Crippen LogP contribution is 2.25. The Kier molecular flexibility index (Phi) is 7.56. The van der Waals surface area contributed by atoms with Crippen molar-refractivity contribution in [2.24, 2.45) is 11.5 Å². The molecule has 10 heteroatoms. The minimum absolute atomic E-state index is 0. The second-order valence-electron chi connectivity index (χ2n) is 4.58. The number of aromatic amines is 1. The van der Waals surface area contributed by atoms with E-state index in [1.807, 2.05) is 6.26 Å². The van der Waals surface area contributed by atoms with Crippen LogP contribution < -0.4 is 16.8 Å². The molecule has 0 aliphatic rings. The second kappa shape index (κ2) is 8.92. The second-order valence-corrected chi connectivity index (χ2v) is 6.43. The fourth-order valence-electron chi connectivity index (χ4n) is 1.72. The Balaban J connectivity index is 0.00000264. The van der Waals surface area contributed by atoms with Crippen LogP contribution in [-0.4, -0.2) is 39.8 Å². The van der Waals surface area contributed by atoms with Crippen LogP contribution in [0.1, 0.15) is 16.9 Å². The number of anilines is 1. The maximum Gasteiger partial charge on any atom is 0.265 e. The first-order valence-electron chi connectivity index (χ1n) is 6.50. The van der Waals surface area contributed by atoms with Gasteiger partial charge in [0.15, 0.2) is 5.13 Å². The number of thioether (sulfide) groups is 1. The number of nitrogens with zero attached hydrogens (tertiary/aromatic N) is 1. The smallest absolute Gasteiger partial charge is 0.265 e. The highest BCUT2D eigenvalue weighted by molar-refractivity contribution is 7.98. The average Bonchev–Trinajstić information content (AvgIpc) is 3.13. The van der Waals surface area contributed by atoms with Gasteiger partial charge < -0.3 is 21.8 Å². The molecule has 6 N–H and O–H groups in total. The summed E-state index contributed by atoms with van der Waals surface area (Å²) < 4.78 is 0. The van der Waals surface area contributed by atoms with E-state index >= 15 is 0 Å². The highest BCUT2D eigenvalue weighted by atomic mass is 35.5. The van der Waals surface area contributed by atoms with E-state index in [-0.39, 0.29) is 18.3 Å². The first-order valence-corrected chi connectivity index (χ1v) is 8.78. The Morgan fingerprint density at radius 3 is 2.87 bits per heavy atom. The molecule has 1 atom stereocenters. The van der Waals surface area contributed by atoms with Gasteiger partial charge in [-0.1, -0.05) is 0 Å². The molecule has 2 aromatic rings. The molecule has 2 heterocycles. The molecular weight excluding hydrogens is 358 g/mol.